The zero-order valence-electron chi connectivity index (χ0n) is 16.4. The van der Waals surface area contributed by atoms with Gasteiger partial charge in [-0.15, -0.1) is 0 Å². The summed E-state index contributed by atoms with van der Waals surface area (Å²) in [6, 6.07) is 14.8. The number of aryl methyl sites for hydroxylation is 1. The van der Waals surface area contributed by atoms with E-state index in [1.165, 1.54) is 12.8 Å². The van der Waals surface area contributed by atoms with Crippen molar-refractivity contribution >= 4 is 32.4 Å². The average molecular weight is 412 g/mol. The molecule has 1 fully saturated rings. The summed E-state index contributed by atoms with van der Waals surface area (Å²) in [5.74, 6) is 2.34. The molecule has 0 spiro atoms. The third-order valence-electron chi connectivity index (χ3n) is 5.01. The molecule has 0 saturated carbocycles. The summed E-state index contributed by atoms with van der Waals surface area (Å²) in [4.78, 5) is 11.4. The number of sulfonamides is 1. The Kier molecular flexibility index (Phi) is 5.64. The molecule has 152 valence electrons. The topological polar surface area (TPSA) is 87.2 Å². The Hall–Kier alpha value is -2.71. The quantitative estimate of drug-likeness (QED) is 0.582. The summed E-state index contributed by atoms with van der Waals surface area (Å²) in [7, 11) is -3.57. The SMILES string of the molecule is Cc1nc(NCCNS(=O)(=O)c2ccc3ccccc3c2)cc(N2CCCC2)n1. The van der Waals surface area contributed by atoms with Crippen LogP contribution in [0.25, 0.3) is 10.8 Å². The van der Waals surface area contributed by atoms with Gasteiger partial charge < -0.3 is 10.2 Å². The Morgan fingerprint density at radius 2 is 1.72 bits per heavy atom. The molecule has 1 saturated heterocycles. The molecule has 0 atom stereocenters. The van der Waals surface area contributed by atoms with E-state index in [2.05, 4.69) is 24.9 Å². The summed E-state index contributed by atoms with van der Waals surface area (Å²) >= 11 is 0. The minimum Gasteiger partial charge on any atom is -0.369 e. The van der Waals surface area contributed by atoms with Gasteiger partial charge in [-0.3, -0.25) is 0 Å². The number of anilines is 2. The fraction of sp³-hybridized carbons (Fsp3) is 0.333. The molecule has 4 rings (SSSR count). The van der Waals surface area contributed by atoms with Crippen molar-refractivity contribution in [2.75, 3.05) is 36.4 Å². The lowest BCUT2D eigenvalue weighted by Gasteiger charge is -2.17. The first-order chi connectivity index (χ1) is 14.0. The third kappa shape index (κ3) is 4.65. The van der Waals surface area contributed by atoms with Crippen LogP contribution in [0.4, 0.5) is 11.6 Å². The molecule has 1 aliphatic rings. The highest BCUT2D eigenvalue weighted by molar-refractivity contribution is 7.89. The zero-order valence-corrected chi connectivity index (χ0v) is 17.2. The standard InChI is InChI=1S/C21H25N5O2S/c1-16-24-20(15-21(25-16)26-12-4-5-13-26)22-10-11-23-29(27,28)19-9-8-17-6-2-3-7-18(17)14-19/h2-3,6-9,14-15,23H,4-5,10-13H2,1H3,(H,22,24,25). The molecule has 0 bridgehead atoms. The second kappa shape index (κ2) is 8.34. The molecular weight excluding hydrogens is 386 g/mol. The molecule has 2 N–H and O–H groups in total. The Morgan fingerprint density at radius 1 is 0.966 bits per heavy atom. The zero-order chi connectivity index (χ0) is 20.3. The second-order valence-corrected chi connectivity index (χ2v) is 8.95. The van der Waals surface area contributed by atoms with E-state index in [4.69, 9.17) is 0 Å². The van der Waals surface area contributed by atoms with Gasteiger partial charge in [-0.25, -0.2) is 23.1 Å². The van der Waals surface area contributed by atoms with Crippen LogP contribution in [-0.2, 0) is 10.0 Å². The van der Waals surface area contributed by atoms with Crippen LogP contribution in [0.15, 0.2) is 53.4 Å². The van der Waals surface area contributed by atoms with Gasteiger partial charge in [0.25, 0.3) is 0 Å². The van der Waals surface area contributed by atoms with Crippen molar-refractivity contribution in [3.05, 3.63) is 54.4 Å². The number of nitrogens with zero attached hydrogens (tertiary/aromatic N) is 3. The Morgan fingerprint density at radius 3 is 2.52 bits per heavy atom. The first-order valence-electron chi connectivity index (χ1n) is 9.84. The lowest BCUT2D eigenvalue weighted by Crippen LogP contribution is -2.29. The van der Waals surface area contributed by atoms with Gasteiger partial charge in [-0.05, 0) is 42.7 Å². The summed E-state index contributed by atoms with van der Waals surface area (Å²) in [5.41, 5.74) is 0. The molecule has 1 aromatic heterocycles. The monoisotopic (exact) mass is 411 g/mol. The van der Waals surface area contributed by atoms with Crippen molar-refractivity contribution in [3.8, 4) is 0 Å². The summed E-state index contributed by atoms with van der Waals surface area (Å²) in [6.45, 7) is 4.59. The number of nitrogens with one attached hydrogen (secondary N) is 2. The lowest BCUT2D eigenvalue weighted by molar-refractivity contribution is 0.583. The first-order valence-corrected chi connectivity index (χ1v) is 11.3. The molecule has 0 radical (unpaired) electrons. The number of hydrogen-bond acceptors (Lipinski definition) is 6. The second-order valence-electron chi connectivity index (χ2n) is 7.19. The van der Waals surface area contributed by atoms with Crippen LogP contribution in [0.2, 0.25) is 0 Å². The third-order valence-corrected chi connectivity index (χ3v) is 6.47. The maximum absolute atomic E-state index is 12.6. The van der Waals surface area contributed by atoms with Gasteiger partial charge in [0, 0.05) is 32.2 Å². The van der Waals surface area contributed by atoms with Crippen molar-refractivity contribution in [1.29, 1.82) is 0 Å². The predicted octanol–water partition coefficient (Wildman–Crippen LogP) is 2.93. The van der Waals surface area contributed by atoms with Crippen molar-refractivity contribution in [3.63, 3.8) is 0 Å². The van der Waals surface area contributed by atoms with Gasteiger partial charge in [0.05, 0.1) is 4.90 Å². The van der Waals surface area contributed by atoms with Gasteiger partial charge >= 0.3 is 0 Å². The fourth-order valence-corrected chi connectivity index (χ4v) is 4.61. The Bertz CT molecular complexity index is 1110. The maximum atomic E-state index is 12.6. The van der Waals surface area contributed by atoms with E-state index in [9.17, 15) is 8.42 Å². The van der Waals surface area contributed by atoms with Crippen molar-refractivity contribution in [2.45, 2.75) is 24.7 Å². The van der Waals surface area contributed by atoms with Crippen molar-refractivity contribution in [1.82, 2.24) is 14.7 Å². The Balaban J connectivity index is 1.37. The van der Waals surface area contributed by atoms with E-state index in [0.29, 0.717) is 18.2 Å². The maximum Gasteiger partial charge on any atom is 0.240 e. The smallest absolute Gasteiger partial charge is 0.240 e. The van der Waals surface area contributed by atoms with Gasteiger partial charge in [0.2, 0.25) is 10.0 Å². The van der Waals surface area contributed by atoms with Crippen LogP contribution in [0.1, 0.15) is 18.7 Å². The van der Waals surface area contributed by atoms with Crippen molar-refractivity contribution < 1.29 is 8.42 Å². The van der Waals surface area contributed by atoms with E-state index in [1.807, 2.05) is 43.3 Å². The largest absolute Gasteiger partial charge is 0.369 e. The van der Waals surface area contributed by atoms with E-state index >= 15 is 0 Å². The van der Waals surface area contributed by atoms with Gasteiger partial charge in [-0.2, -0.15) is 0 Å². The summed E-state index contributed by atoms with van der Waals surface area (Å²) in [5, 5.41) is 5.12. The molecule has 0 unspecified atom stereocenters. The molecule has 0 amide bonds. The fourth-order valence-electron chi connectivity index (χ4n) is 3.54. The van der Waals surface area contributed by atoms with Crippen LogP contribution >= 0.6 is 0 Å². The van der Waals surface area contributed by atoms with Crippen LogP contribution in [0, 0.1) is 6.92 Å². The average Bonchev–Trinajstić information content (AvgIpc) is 3.25. The van der Waals surface area contributed by atoms with E-state index in [1.54, 1.807) is 12.1 Å². The number of rotatable bonds is 7. The molecule has 2 heterocycles. The van der Waals surface area contributed by atoms with Crippen LogP contribution in [0.5, 0.6) is 0 Å². The number of benzene rings is 2. The molecule has 2 aromatic carbocycles. The van der Waals surface area contributed by atoms with E-state index in [0.717, 1.165) is 29.7 Å². The van der Waals surface area contributed by atoms with E-state index in [-0.39, 0.29) is 11.4 Å². The molecule has 3 aromatic rings. The highest BCUT2D eigenvalue weighted by atomic mass is 32.2. The molecule has 7 nitrogen and oxygen atoms in total. The normalized spacial score (nSPS) is 14.4. The first kappa shape index (κ1) is 19.6. The van der Waals surface area contributed by atoms with Crippen molar-refractivity contribution in [2.24, 2.45) is 0 Å². The summed E-state index contributed by atoms with van der Waals surface area (Å²) < 4.78 is 27.8. The van der Waals surface area contributed by atoms with E-state index < -0.39 is 10.0 Å². The van der Waals surface area contributed by atoms with Crippen LogP contribution in [-0.4, -0.2) is 44.6 Å². The van der Waals surface area contributed by atoms with Gasteiger partial charge in [-0.1, -0.05) is 30.3 Å². The van der Waals surface area contributed by atoms with Crippen LogP contribution < -0.4 is 14.9 Å². The molecule has 8 heteroatoms. The molecule has 1 aliphatic heterocycles. The minimum atomic E-state index is -3.57. The number of hydrogen-bond donors (Lipinski definition) is 2. The number of aromatic nitrogens is 2. The lowest BCUT2D eigenvalue weighted by atomic mass is 10.1. The Labute approximate surface area is 171 Å². The molecule has 0 aliphatic carbocycles. The highest BCUT2D eigenvalue weighted by Crippen LogP contribution is 2.21. The molecule has 29 heavy (non-hydrogen) atoms. The van der Waals surface area contributed by atoms with Gasteiger partial charge in [0.1, 0.15) is 17.5 Å². The molecular formula is C21H25N5O2S. The minimum absolute atomic E-state index is 0.261. The number of fused-ring (bicyclic) bond motifs is 1. The van der Waals surface area contributed by atoms with Gasteiger partial charge in [0.15, 0.2) is 0 Å². The highest BCUT2D eigenvalue weighted by Gasteiger charge is 2.16. The van der Waals surface area contributed by atoms with Crippen LogP contribution in [0.3, 0.4) is 0 Å². The predicted molar refractivity (Wildman–Crippen MR) is 116 cm³/mol. The summed E-state index contributed by atoms with van der Waals surface area (Å²) in [6.07, 6.45) is 2.37.